The Hall–Kier alpha value is -5.09. The second-order valence-electron chi connectivity index (χ2n) is 9.23. The molecule has 43 heavy (non-hydrogen) atoms. The fraction of sp³-hybridized carbons (Fsp3) is 0.121. The van der Waals surface area contributed by atoms with Gasteiger partial charge in [0.25, 0.3) is 11.8 Å². The number of amides is 3. The van der Waals surface area contributed by atoms with E-state index in [1.54, 1.807) is 80.8 Å². The number of thioether (sulfide) groups is 1. The van der Waals surface area contributed by atoms with E-state index in [2.05, 4.69) is 16.0 Å². The van der Waals surface area contributed by atoms with Crippen molar-refractivity contribution in [3.63, 3.8) is 0 Å². The second kappa shape index (κ2) is 14.7. The van der Waals surface area contributed by atoms with Gasteiger partial charge in [0.05, 0.1) is 25.2 Å². The summed E-state index contributed by atoms with van der Waals surface area (Å²) >= 11 is 1.30. The Kier molecular flexibility index (Phi) is 10.5. The molecule has 1 unspecified atom stereocenters. The van der Waals surface area contributed by atoms with E-state index in [0.717, 1.165) is 4.90 Å². The molecular formula is C33H30FN3O5S. The second-order valence-corrected chi connectivity index (χ2v) is 10.6. The lowest BCUT2D eigenvalue weighted by Crippen LogP contribution is -2.30. The van der Waals surface area contributed by atoms with Gasteiger partial charge in [0.1, 0.15) is 23.0 Å². The first-order valence-corrected chi connectivity index (χ1v) is 14.1. The van der Waals surface area contributed by atoms with Crippen LogP contribution < -0.4 is 25.4 Å². The third-order valence-corrected chi connectivity index (χ3v) is 7.24. The quantitative estimate of drug-likeness (QED) is 0.137. The van der Waals surface area contributed by atoms with Crippen LogP contribution in [0.1, 0.15) is 22.8 Å². The summed E-state index contributed by atoms with van der Waals surface area (Å²) in [4.78, 5) is 39.9. The zero-order valence-corrected chi connectivity index (χ0v) is 24.5. The summed E-state index contributed by atoms with van der Waals surface area (Å²) in [7, 11) is 3.06. The molecule has 8 nitrogen and oxygen atoms in total. The Morgan fingerprint density at radius 3 is 2.28 bits per heavy atom. The Bertz CT molecular complexity index is 1630. The van der Waals surface area contributed by atoms with Crippen molar-refractivity contribution in [2.24, 2.45) is 0 Å². The number of benzene rings is 4. The molecule has 4 rings (SSSR count). The molecule has 3 amide bonds. The molecule has 1 atom stereocenters. The average Bonchev–Trinajstić information content (AvgIpc) is 3.02. The summed E-state index contributed by atoms with van der Waals surface area (Å²) in [5.74, 6) is -0.632. The predicted octanol–water partition coefficient (Wildman–Crippen LogP) is 6.37. The zero-order valence-electron chi connectivity index (χ0n) is 23.7. The third kappa shape index (κ3) is 8.70. The average molecular weight is 600 g/mol. The van der Waals surface area contributed by atoms with Crippen molar-refractivity contribution in [2.45, 2.75) is 17.1 Å². The Morgan fingerprint density at radius 2 is 1.58 bits per heavy atom. The summed E-state index contributed by atoms with van der Waals surface area (Å²) in [6.45, 7) is 1.77. The van der Waals surface area contributed by atoms with Gasteiger partial charge in [-0.2, -0.15) is 0 Å². The van der Waals surface area contributed by atoms with Crippen molar-refractivity contribution in [3.8, 4) is 11.5 Å². The normalized spacial score (nSPS) is 11.7. The lowest BCUT2D eigenvalue weighted by Gasteiger charge is -2.16. The maximum Gasteiger partial charge on any atom is 0.272 e. The minimum absolute atomic E-state index is 0.0281. The van der Waals surface area contributed by atoms with E-state index in [9.17, 15) is 18.8 Å². The van der Waals surface area contributed by atoms with Crippen LogP contribution in [0.4, 0.5) is 15.8 Å². The van der Waals surface area contributed by atoms with E-state index in [1.165, 1.54) is 49.2 Å². The lowest BCUT2D eigenvalue weighted by molar-refractivity contribution is -0.115. The lowest BCUT2D eigenvalue weighted by atomic mass is 10.1. The Balaban J connectivity index is 1.47. The maximum atomic E-state index is 13.4. The number of rotatable bonds is 11. The van der Waals surface area contributed by atoms with Gasteiger partial charge in [-0.15, -0.1) is 11.8 Å². The predicted molar refractivity (Wildman–Crippen MR) is 167 cm³/mol. The number of carbonyl (C=O) groups excluding carboxylic acids is 3. The summed E-state index contributed by atoms with van der Waals surface area (Å²) in [5.41, 5.74) is 1.84. The summed E-state index contributed by atoms with van der Waals surface area (Å²) in [5, 5.41) is 7.84. The van der Waals surface area contributed by atoms with Crippen molar-refractivity contribution in [3.05, 3.63) is 120 Å². The minimum atomic E-state index is -0.576. The molecule has 0 heterocycles. The van der Waals surface area contributed by atoms with Gasteiger partial charge >= 0.3 is 0 Å². The van der Waals surface area contributed by atoms with Gasteiger partial charge in [0.15, 0.2) is 0 Å². The monoisotopic (exact) mass is 599 g/mol. The van der Waals surface area contributed by atoms with Crippen molar-refractivity contribution in [2.75, 3.05) is 24.9 Å². The van der Waals surface area contributed by atoms with E-state index >= 15 is 0 Å². The van der Waals surface area contributed by atoms with Crippen LogP contribution in [0.3, 0.4) is 0 Å². The van der Waals surface area contributed by atoms with Crippen molar-refractivity contribution in [1.29, 1.82) is 0 Å². The van der Waals surface area contributed by atoms with E-state index in [4.69, 9.17) is 9.47 Å². The maximum absolute atomic E-state index is 13.4. The third-order valence-electron chi connectivity index (χ3n) is 6.15. The van der Waals surface area contributed by atoms with Gasteiger partial charge in [-0.25, -0.2) is 4.39 Å². The smallest absolute Gasteiger partial charge is 0.272 e. The number of hydrogen-bond acceptors (Lipinski definition) is 6. The number of ether oxygens (including phenoxy) is 2. The highest BCUT2D eigenvalue weighted by atomic mass is 32.2. The van der Waals surface area contributed by atoms with Gasteiger partial charge in [0, 0.05) is 22.2 Å². The van der Waals surface area contributed by atoms with Gasteiger partial charge < -0.3 is 25.4 Å². The number of methoxy groups -OCH3 is 2. The van der Waals surface area contributed by atoms with Crippen LogP contribution in [0, 0.1) is 5.82 Å². The van der Waals surface area contributed by atoms with Gasteiger partial charge in [-0.3, -0.25) is 14.4 Å². The molecule has 0 aromatic heterocycles. The molecule has 4 aromatic carbocycles. The molecule has 10 heteroatoms. The highest BCUT2D eigenvalue weighted by molar-refractivity contribution is 8.00. The highest BCUT2D eigenvalue weighted by Crippen LogP contribution is 2.31. The molecule has 0 fully saturated rings. The summed E-state index contributed by atoms with van der Waals surface area (Å²) in [6, 6.07) is 26.1. The first kappa shape index (κ1) is 30.9. The van der Waals surface area contributed by atoms with Crippen molar-refractivity contribution in [1.82, 2.24) is 5.32 Å². The molecule has 0 aliphatic rings. The Labute approximate surface area is 253 Å². The fourth-order valence-corrected chi connectivity index (χ4v) is 4.83. The van der Waals surface area contributed by atoms with Crippen LogP contribution in [0.15, 0.2) is 108 Å². The molecular weight excluding hydrogens is 569 g/mol. The number of anilines is 2. The molecule has 4 aromatic rings. The van der Waals surface area contributed by atoms with E-state index in [0.29, 0.717) is 34.0 Å². The standard InChI is InChI=1S/C33H30FN3O5S/c1-21(31(38)36-28-17-16-26(41-2)20-30(28)42-3)43-27-11-7-10-25(19-27)35-33(40)29(18-22-12-14-24(34)15-13-22)37-32(39)23-8-5-4-6-9-23/h4-21H,1-3H3,(H,35,40)(H,36,38)(H,37,39)/b29-18-. The zero-order chi connectivity index (χ0) is 30.8. The van der Waals surface area contributed by atoms with Gasteiger partial charge in [-0.1, -0.05) is 36.4 Å². The molecule has 0 saturated heterocycles. The molecule has 0 spiro atoms. The first-order chi connectivity index (χ1) is 20.7. The van der Waals surface area contributed by atoms with Crippen LogP contribution in [0.25, 0.3) is 6.08 Å². The van der Waals surface area contributed by atoms with E-state index in [1.807, 2.05) is 6.07 Å². The molecule has 0 saturated carbocycles. The number of hydrogen-bond donors (Lipinski definition) is 3. The van der Waals surface area contributed by atoms with Crippen LogP contribution in [0.2, 0.25) is 0 Å². The largest absolute Gasteiger partial charge is 0.497 e. The van der Waals surface area contributed by atoms with E-state index in [-0.39, 0.29) is 11.6 Å². The first-order valence-electron chi connectivity index (χ1n) is 13.2. The minimum Gasteiger partial charge on any atom is -0.497 e. The molecule has 220 valence electrons. The van der Waals surface area contributed by atoms with Crippen LogP contribution in [-0.4, -0.2) is 37.2 Å². The fourth-order valence-electron chi connectivity index (χ4n) is 3.91. The highest BCUT2D eigenvalue weighted by Gasteiger charge is 2.19. The van der Waals surface area contributed by atoms with Gasteiger partial charge in [-0.05, 0) is 73.2 Å². The molecule has 3 N–H and O–H groups in total. The molecule has 0 aliphatic carbocycles. The topological polar surface area (TPSA) is 106 Å². The number of halogens is 1. The molecule has 0 bridgehead atoms. The van der Waals surface area contributed by atoms with Crippen molar-refractivity contribution >= 4 is 46.9 Å². The van der Waals surface area contributed by atoms with Crippen LogP contribution in [0.5, 0.6) is 11.5 Å². The van der Waals surface area contributed by atoms with E-state index < -0.39 is 22.9 Å². The van der Waals surface area contributed by atoms with Crippen LogP contribution in [-0.2, 0) is 9.59 Å². The van der Waals surface area contributed by atoms with Gasteiger partial charge in [0.2, 0.25) is 5.91 Å². The number of nitrogens with one attached hydrogen (secondary N) is 3. The molecule has 0 radical (unpaired) electrons. The molecule has 0 aliphatic heterocycles. The SMILES string of the molecule is COc1ccc(NC(=O)C(C)Sc2cccc(NC(=O)/C(=C/c3ccc(F)cc3)NC(=O)c3ccccc3)c2)c(OC)c1. The van der Waals surface area contributed by atoms with Crippen LogP contribution >= 0.6 is 11.8 Å². The van der Waals surface area contributed by atoms with Crippen molar-refractivity contribution < 1.29 is 28.2 Å². The Morgan fingerprint density at radius 1 is 0.837 bits per heavy atom. The number of carbonyl (C=O) groups is 3. The summed E-state index contributed by atoms with van der Waals surface area (Å²) in [6.07, 6.45) is 1.47. The summed E-state index contributed by atoms with van der Waals surface area (Å²) < 4.78 is 24.0.